The van der Waals surface area contributed by atoms with Crippen molar-refractivity contribution in [3.8, 4) is 0 Å². The molecular formula is C61H118NO8P. The largest absolute Gasteiger partial charge is 0.472 e. The summed E-state index contributed by atoms with van der Waals surface area (Å²) < 4.78 is 33.1. The van der Waals surface area contributed by atoms with Crippen LogP contribution in [0.1, 0.15) is 322 Å². The minimum Gasteiger partial charge on any atom is -0.462 e. The highest BCUT2D eigenvalue weighted by atomic mass is 31.2. The molecule has 0 rings (SSSR count). The van der Waals surface area contributed by atoms with Crippen molar-refractivity contribution in [1.82, 2.24) is 0 Å². The van der Waals surface area contributed by atoms with Gasteiger partial charge in [0.2, 0.25) is 0 Å². The first-order valence-electron chi connectivity index (χ1n) is 30.8. The van der Waals surface area contributed by atoms with Crippen molar-refractivity contribution in [3.63, 3.8) is 0 Å². The fourth-order valence-electron chi connectivity index (χ4n) is 9.22. The van der Waals surface area contributed by atoms with Gasteiger partial charge in [-0.25, -0.2) is 4.57 Å². The topological polar surface area (TPSA) is 134 Å². The number of hydrogen-bond acceptors (Lipinski definition) is 8. The van der Waals surface area contributed by atoms with E-state index in [2.05, 4.69) is 38.2 Å². The molecule has 0 bridgehead atoms. The second-order valence-electron chi connectivity index (χ2n) is 20.9. The maximum atomic E-state index is 12.7. The summed E-state index contributed by atoms with van der Waals surface area (Å²) in [5.74, 6) is -0.812. The summed E-state index contributed by atoms with van der Waals surface area (Å²) in [6.45, 7) is 3.80. The van der Waals surface area contributed by atoms with Gasteiger partial charge >= 0.3 is 19.8 Å². The molecule has 0 fully saturated rings. The molecule has 3 N–H and O–H groups in total. The van der Waals surface area contributed by atoms with Crippen LogP contribution in [0.4, 0.5) is 0 Å². The number of hydrogen-bond donors (Lipinski definition) is 2. The van der Waals surface area contributed by atoms with Gasteiger partial charge in [-0.2, -0.15) is 0 Å². The van der Waals surface area contributed by atoms with Gasteiger partial charge in [-0.05, 0) is 64.2 Å². The Bertz CT molecular complexity index is 1210. The van der Waals surface area contributed by atoms with Crippen LogP contribution in [0.25, 0.3) is 0 Å². The monoisotopic (exact) mass is 1020 g/mol. The zero-order chi connectivity index (χ0) is 51.7. The number of esters is 2. The van der Waals surface area contributed by atoms with Crippen LogP contribution in [-0.4, -0.2) is 49.3 Å². The number of unbranched alkanes of at least 4 members (excludes halogenated alkanes) is 42. The SMILES string of the molecule is CCCCCCCCCC/C=C\CCCCCCCCCCCCCCCCCCCC(=O)OC(COC(=O)CCCCCCCCCCC/C=C\CCCCCCCCCC)COP(=O)(O)OCCN. The first kappa shape index (κ1) is 69.5. The molecule has 0 amide bonds. The van der Waals surface area contributed by atoms with Gasteiger partial charge in [0.05, 0.1) is 13.2 Å². The average Bonchev–Trinajstić information content (AvgIpc) is 3.36. The molecule has 0 aliphatic rings. The summed E-state index contributed by atoms with van der Waals surface area (Å²) in [6.07, 6.45) is 68.2. The van der Waals surface area contributed by atoms with E-state index >= 15 is 0 Å². The molecule has 0 saturated carbocycles. The highest BCUT2D eigenvalue weighted by molar-refractivity contribution is 7.47. The Hall–Kier alpha value is -1.51. The number of carbonyl (C=O) groups excluding carboxylic acids is 2. The van der Waals surface area contributed by atoms with Gasteiger partial charge in [0.25, 0.3) is 0 Å². The third-order valence-electron chi connectivity index (χ3n) is 13.8. The number of ether oxygens (including phenoxy) is 2. The summed E-state index contributed by atoms with van der Waals surface area (Å²) in [5, 5.41) is 0. The van der Waals surface area contributed by atoms with Crippen LogP contribution in [0.2, 0.25) is 0 Å². The predicted octanol–water partition coefficient (Wildman–Crippen LogP) is 19.4. The number of allylic oxidation sites excluding steroid dienone is 4. The van der Waals surface area contributed by atoms with Gasteiger partial charge in [0, 0.05) is 19.4 Å². The number of carbonyl (C=O) groups is 2. The van der Waals surface area contributed by atoms with E-state index < -0.39 is 26.5 Å². The van der Waals surface area contributed by atoms with Crippen molar-refractivity contribution in [2.24, 2.45) is 5.73 Å². The third kappa shape index (κ3) is 57.6. The van der Waals surface area contributed by atoms with Crippen molar-refractivity contribution in [1.29, 1.82) is 0 Å². The zero-order valence-electron chi connectivity index (χ0n) is 47.0. The van der Waals surface area contributed by atoms with Crippen LogP contribution >= 0.6 is 7.82 Å². The summed E-state index contributed by atoms with van der Waals surface area (Å²) in [6, 6.07) is 0. The second kappa shape index (κ2) is 57.8. The number of phosphoric ester groups is 1. The van der Waals surface area contributed by atoms with Crippen LogP contribution in [0.15, 0.2) is 24.3 Å². The van der Waals surface area contributed by atoms with Crippen molar-refractivity contribution >= 4 is 19.8 Å². The number of rotatable bonds is 59. The molecule has 10 heteroatoms. The summed E-state index contributed by atoms with van der Waals surface area (Å²) in [5.41, 5.74) is 5.39. The average molecular weight is 1020 g/mol. The van der Waals surface area contributed by atoms with Gasteiger partial charge in [0.1, 0.15) is 6.61 Å². The fourth-order valence-corrected chi connectivity index (χ4v) is 9.98. The zero-order valence-corrected chi connectivity index (χ0v) is 47.9. The van der Waals surface area contributed by atoms with Crippen LogP contribution < -0.4 is 5.73 Å². The van der Waals surface area contributed by atoms with Crippen LogP contribution in [0, 0.1) is 0 Å². The molecule has 0 radical (unpaired) electrons. The van der Waals surface area contributed by atoms with E-state index in [4.69, 9.17) is 24.3 Å². The summed E-state index contributed by atoms with van der Waals surface area (Å²) in [7, 11) is -4.39. The molecular weight excluding hydrogens is 906 g/mol. The molecule has 9 nitrogen and oxygen atoms in total. The highest BCUT2D eigenvalue weighted by Gasteiger charge is 2.26. The molecule has 0 heterocycles. The standard InChI is InChI=1S/C61H118NO8P/c1-3-5-7-9-11-13-15-17-19-21-23-25-26-27-28-29-30-31-32-34-36-38-40-42-44-46-48-50-52-54-61(64)70-59(58-69-71(65,66)68-56-55-62)57-67-60(63)53-51-49-47-45-43-41-39-37-35-33-24-22-20-18-16-14-12-10-8-6-4-2/h21-24,59H,3-20,25-58,62H2,1-2H3,(H,65,66)/b23-21-,24-22-. The smallest absolute Gasteiger partial charge is 0.462 e. The van der Waals surface area contributed by atoms with Crippen LogP contribution in [0.3, 0.4) is 0 Å². The fraction of sp³-hybridized carbons (Fsp3) is 0.902. The molecule has 0 spiro atoms. The quantitative estimate of drug-likeness (QED) is 0.0264. The molecule has 2 unspecified atom stereocenters. The van der Waals surface area contributed by atoms with Gasteiger partial charge < -0.3 is 20.1 Å². The minimum atomic E-state index is -4.39. The van der Waals surface area contributed by atoms with E-state index in [9.17, 15) is 19.0 Å². The van der Waals surface area contributed by atoms with E-state index in [1.54, 1.807) is 0 Å². The van der Waals surface area contributed by atoms with E-state index in [1.165, 1.54) is 257 Å². The molecule has 0 aromatic carbocycles. The lowest BCUT2D eigenvalue weighted by molar-refractivity contribution is -0.161. The molecule has 0 aliphatic heterocycles. The Morgan fingerprint density at radius 1 is 0.408 bits per heavy atom. The van der Waals surface area contributed by atoms with Gasteiger partial charge in [-0.15, -0.1) is 0 Å². The Morgan fingerprint density at radius 2 is 0.690 bits per heavy atom. The van der Waals surface area contributed by atoms with Crippen LogP contribution in [-0.2, 0) is 32.7 Å². The summed E-state index contributed by atoms with van der Waals surface area (Å²) in [4.78, 5) is 35.2. The first-order valence-corrected chi connectivity index (χ1v) is 32.3. The van der Waals surface area contributed by atoms with Crippen molar-refractivity contribution in [2.45, 2.75) is 328 Å². The molecule has 0 saturated heterocycles. The summed E-state index contributed by atoms with van der Waals surface area (Å²) >= 11 is 0. The van der Waals surface area contributed by atoms with E-state index in [0.717, 1.165) is 32.1 Å². The molecule has 420 valence electrons. The Labute approximate surface area is 440 Å². The van der Waals surface area contributed by atoms with Crippen molar-refractivity contribution < 1.29 is 37.6 Å². The van der Waals surface area contributed by atoms with E-state index in [0.29, 0.717) is 6.42 Å². The molecule has 0 aromatic heterocycles. The Kier molecular flexibility index (Phi) is 56.5. The van der Waals surface area contributed by atoms with Crippen molar-refractivity contribution in [2.75, 3.05) is 26.4 Å². The third-order valence-corrected chi connectivity index (χ3v) is 14.8. The first-order chi connectivity index (χ1) is 34.8. The highest BCUT2D eigenvalue weighted by Crippen LogP contribution is 2.43. The van der Waals surface area contributed by atoms with Gasteiger partial charge in [-0.3, -0.25) is 18.6 Å². The lowest BCUT2D eigenvalue weighted by Crippen LogP contribution is -2.29. The minimum absolute atomic E-state index is 0.0556. The van der Waals surface area contributed by atoms with Crippen molar-refractivity contribution in [3.05, 3.63) is 24.3 Å². The van der Waals surface area contributed by atoms with E-state index in [-0.39, 0.29) is 38.6 Å². The number of phosphoric acid groups is 1. The molecule has 0 aromatic rings. The molecule has 0 aliphatic carbocycles. The Morgan fingerprint density at radius 3 is 1.00 bits per heavy atom. The predicted molar refractivity (Wildman–Crippen MR) is 303 cm³/mol. The van der Waals surface area contributed by atoms with Gasteiger partial charge in [-0.1, -0.05) is 269 Å². The van der Waals surface area contributed by atoms with Gasteiger partial charge in [0.15, 0.2) is 6.10 Å². The number of nitrogens with two attached hydrogens (primary N) is 1. The maximum Gasteiger partial charge on any atom is 0.472 e. The molecule has 71 heavy (non-hydrogen) atoms. The second-order valence-corrected chi connectivity index (χ2v) is 22.4. The maximum absolute atomic E-state index is 12.7. The van der Waals surface area contributed by atoms with E-state index in [1.807, 2.05) is 0 Å². The lowest BCUT2D eigenvalue weighted by Gasteiger charge is -2.19. The molecule has 2 atom stereocenters. The Balaban J connectivity index is 3.89. The van der Waals surface area contributed by atoms with Crippen LogP contribution in [0.5, 0.6) is 0 Å². The normalized spacial score (nSPS) is 13.1. The lowest BCUT2D eigenvalue weighted by atomic mass is 10.0.